The van der Waals surface area contributed by atoms with Crippen LogP contribution in [0.5, 0.6) is 5.75 Å². The number of allylic oxidation sites excluding steroid dienone is 1. The molecule has 0 saturated carbocycles. The van der Waals surface area contributed by atoms with Crippen molar-refractivity contribution in [3.05, 3.63) is 40.6 Å². The van der Waals surface area contributed by atoms with Crippen LogP contribution >= 0.6 is 11.6 Å². The van der Waals surface area contributed by atoms with Gasteiger partial charge in [-0.1, -0.05) is 23.7 Å². The van der Waals surface area contributed by atoms with Gasteiger partial charge in [0.1, 0.15) is 23.1 Å². The number of hydrazone groups is 1. The van der Waals surface area contributed by atoms with E-state index in [2.05, 4.69) is 11.8 Å². The molecule has 0 bridgehead atoms. The Morgan fingerprint density at radius 2 is 2.08 bits per heavy atom. The second-order valence-corrected chi connectivity index (χ2v) is 7.00. The minimum atomic E-state index is -0.551. The molecule has 1 rings (SSSR count). The van der Waals surface area contributed by atoms with Crippen molar-refractivity contribution in [2.45, 2.75) is 46.3 Å². The van der Waals surface area contributed by atoms with E-state index in [1.54, 1.807) is 19.1 Å². The molecule has 7 heteroatoms. The number of amides is 1. The molecule has 0 aliphatic carbocycles. The molecule has 0 aromatic heterocycles. The highest BCUT2D eigenvalue weighted by Gasteiger charge is 2.29. The average Bonchev–Trinajstić information content (AvgIpc) is 2.59. The monoisotopic (exact) mass is 384 g/mol. The van der Waals surface area contributed by atoms with E-state index >= 15 is 0 Å². The highest BCUT2D eigenvalue weighted by molar-refractivity contribution is 6.42. The molecular formula is C19H26ClFN2O3. The van der Waals surface area contributed by atoms with Crippen LogP contribution in [0.2, 0.25) is 0 Å². The fraction of sp³-hybridized carbons (Fsp3) is 0.474. The van der Waals surface area contributed by atoms with Crippen molar-refractivity contribution in [1.82, 2.24) is 5.01 Å². The molecule has 0 atom stereocenters. The van der Waals surface area contributed by atoms with Crippen molar-refractivity contribution in [3.63, 3.8) is 0 Å². The largest absolute Gasteiger partial charge is 0.493 e. The van der Waals surface area contributed by atoms with Crippen molar-refractivity contribution in [2.24, 2.45) is 5.10 Å². The molecule has 144 valence electrons. The summed E-state index contributed by atoms with van der Waals surface area (Å²) in [5.41, 5.74) is 0.290. The van der Waals surface area contributed by atoms with Crippen LogP contribution in [0.15, 0.2) is 40.2 Å². The fourth-order valence-electron chi connectivity index (χ4n) is 2.05. The first-order valence-corrected chi connectivity index (χ1v) is 8.66. The van der Waals surface area contributed by atoms with E-state index in [1.807, 2.05) is 32.9 Å². The molecular weight excluding hydrogens is 359 g/mol. The van der Waals surface area contributed by atoms with Gasteiger partial charge in [0.05, 0.1) is 18.8 Å². The Balaban J connectivity index is 2.76. The van der Waals surface area contributed by atoms with Gasteiger partial charge in [-0.3, -0.25) is 9.18 Å². The van der Waals surface area contributed by atoms with Crippen molar-refractivity contribution < 1.29 is 18.7 Å². The molecule has 5 nitrogen and oxygen atoms in total. The molecule has 0 saturated heterocycles. The van der Waals surface area contributed by atoms with Crippen molar-refractivity contribution in [2.75, 3.05) is 13.3 Å². The molecule has 0 N–H and O–H groups in total. The molecule has 0 unspecified atom stereocenters. The summed E-state index contributed by atoms with van der Waals surface area (Å²) < 4.78 is 23.2. The molecule has 0 fully saturated rings. The summed E-state index contributed by atoms with van der Waals surface area (Å²) in [4.78, 5) is 12.4. The quantitative estimate of drug-likeness (QED) is 0.205. The first-order chi connectivity index (χ1) is 12.2. The zero-order chi connectivity index (χ0) is 19.7. The third-order valence-electron chi connectivity index (χ3n) is 3.37. The number of nitrogens with zero attached hydrogens (tertiary/aromatic N) is 2. The third kappa shape index (κ3) is 6.67. The van der Waals surface area contributed by atoms with Gasteiger partial charge in [-0.15, -0.1) is 0 Å². The van der Waals surface area contributed by atoms with Crippen LogP contribution in [0.1, 0.15) is 39.7 Å². The van der Waals surface area contributed by atoms with Gasteiger partial charge in [0.25, 0.3) is 5.91 Å². The van der Waals surface area contributed by atoms with E-state index in [0.29, 0.717) is 24.5 Å². The molecule has 0 aliphatic heterocycles. The SMILES string of the molecule is C=NN(C(=O)/C(Cl)=C(\C)OCc1cccc(OCCCF)c1)C(C)(C)C. The van der Waals surface area contributed by atoms with Gasteiger partial charge in [0.15, 0.2) is 0 Å². The number of hydrogen-bond donors (Lipinski definition) is 0. The fourth-order valence-corrected chi connectivity index (χ4v) is 2.18. The van der Waals surface area contributed by atoms with Crippen LogP contribution in [0.4, 0.5) is 4.39 Å². The summed E-state index contributed by atoms with van der Waals surface area (Å²) in [7, 11) is 0. The van der Waals surface area contributed by atoms with Gasteiger partial charge in [-0.2, -0.15) is 5.10 Å². The van der Waals surface area contributed by atoms with Crippen LogP contribution in [-0.2, 0) is 16.1 Å². The Morgan fingerprint density at radius 1 is 1.38 bits per heavy atom. The summed E-state index contributed by atoms with van der Waals surface area (Å²) >= 11 is 6.16. The normalized spacial score (nSPS) is 12.2. The molecule has 1 amide bonds. The highest BCUT2D eigenvalue weighted by atomic mass is 35.5. The smallest absolute Gasteiger partial charge is 0.289 e. The molecule has 0 radical (unpaired) electrons. The highest BCUT2D eigenvalue weighted by Crippen LogP contribution is 2.22. The Hall–Kier alpha value is -2.08. The molecule has 26 heavy (non-hydrogen) atoms. The standard InChI is InChI=1S/C19H26ClFN2O3/c1-14(17(20)18(24)23(22-5)19(2,3)4)26-13-15-8-6-9-16(12-15)25-11-7-10-21/h6,8-9,12H,5,7,10-11,13H2,1-4H3/b17-14-. The van der Waals surface area contributed by atoms with Crippen LogP contribution in [0.25, 0.3) is 0 Å². The van der Waals surface area contributed by atoms with Gasteiger partial charge >= 0.3 is 0 Å². The van der Waals surface area contributed by atoms with E-state index in [0.717, 1.165) is 5.56 Å². The molecule has 0 aliphatic rings. The lowest BCUT2D eigenvalue weighted by Gasteiger charge is -2.30. The lowest BCUT2D eigenvalue weighted by atomic mass is 10.1. The van der Waals surface area contributed by atoms with E-state index in [-0.39, 0.29) is 11.6 Å². The van der Waals surface area contributed by atoms with Gasteiger partial charge in [-0.05, 0) is 45.4 Å². The number of halogens is 2. The van der Waals surface area contributed by atoms with Crippen molar-refractivity contribution in [1.29, 1.82) is 0 Å². The molecule has 0 heterocycles. The number of carbonyl (C=O) groups is 1. The molecule has 1 aromatic rings. The van der Waals surface area contributed by atoms with Gasteiger partial charge in [0.2, 0.25) is 0 Å². The Morgan fingerprint density at radius 3 is 2.65 bits per heavy atom. The summed E-state index contributed by atoms with van der Waals surface area (Å²) in [5, 5.41) is 4.90. The zero-order valence-electron chi connectivity index (χ0n) is 15.7. The van der Waals surface area contributed by atoms with Gasteiger partial charge < -0.3 is 9.47 Å². The lowest BCUT2D eigenvalue weighted by Crippen LogP contribution is -2.41. The number of benzene rings is 1. The maximum absolute atomic E-state index is 12.4. The van der Waals surface area contributed by atoms with Crippen molar-refractivity contribution >= 4 is 24.2 Å². The summed E-state index contributed by atoms with van der Waals surface area (Å²) in [5.74, 6) is 0.450. The van der Waals surface area contributed by atoms with Gasteiger partial charge in [-0.25, -0.2) is 5.01 Å². The molecule has 0 spiro atoms. The number of alkyl halides is 1. The number of hydrogen-bond acceptors (Lipinski definition) is 4. The van der Waals surface area contributed by atoms with Gasteiger partial charge in [0, 0.05) is 13.1 Å². The second-order valence-electron chi connectivity index (χ2n) is 6.63. The summed E-state index contributed by atoms with van der Waals surface area (Å²) in [6.07, 6.45) is 0.349. The topological polar surface area (TPSA) is 51.1 Å². The minimum Gasteiger partial charge on any atom is -0.493 e. The summed E-state index contributed by atoms with van der Waals surface area (Å²) in [6.45, 7) is 10.6. The van der Waals surface area contributed by atoms with Crippen LogP contribution in [0, 0.1) is 0 Å². The van der Waals surface area contributed by atoms with E-state index in [1.165, 1.54) is 5.01 Å². The van der Waals surface area contributed by atoms with E-state index in [9.17, 15) is 9.18 Å². The Kier molecular flexibility index (Phi) is 8.58. The first kappa shape index (κ1) is 22.0. The number of carbonyl (C=O) groups excluding carboxylic acids is 1. The predicted molar refractivity (Wildman–Crippen MR) is 102 cm³/mol. The van der Waals surface area contributed by atoms with E-state index < -0.39 is 18.1 Å². The Labute approximate surface area is 159 Å². The van der Waals surface area contributed by atoms with Crippen LogP contribution in [0.3, 0.4) is 0 Å². The van der Waals surface area contributed by atoms with E-state index in [4.69, 9.17) is 21.1 Å². The van der Waals surface area contributed by atoms with Crippen molar-refractivity contribution in [3.8, 4) is 5.75 Å². The third-order valence-corrected chi connectivity index (χ3v) is 3.79. The van der Waals surface area contributed by atoms with Crippen LogP contribution < -0.4 is 4.74 Å². The maximum Gasteiger partial charge on any atom is 0.289 e. The predicted octanol–water partition coefficient (Wildman–Crippen LogP) is 4.65. The maximum atomic E-state index is 12.4. The molecule has 1 aromatic carbocycles. The first-order valence-electron chi connectivity index (χ1n) is 8.28. The Bertz CT molecular complexity index is 656. The van der Waals surface area contributed by atoms with Crippen LogP contribution in [-0.4, -0.2) is 36.5 Å². The lowest BCUT2D eigenvalue weighted by molar-refractivity contribution is -0.131. The second kappa shape index (κ2) is 10.2. The average molecular weight is 385 g/mol. The zero-order valence-corrected chi connectivity index (χ0v) is 16.5. The number of rotatable bonds is 9. The minimum absolute atomic E-state index is 0.0531. The summed E-state index contributed by atoms with van der Waals surface area (Å²) in [6, 6.07) is 7.27. The number of ether oxygens (including phenoxy) is 2.